The van der Waals surface area contributed by atoms with E-state index in [4.69, 9.17) is 0 Å². The molecule has 2 saturated heterocycles. The summed E-state index contributed by atoms with van der Waals surface area (Å²) in [5.74, 6) is -1.98. The highest BCUT2D eigenvalue weighted by atomic mass is 16.2. The lowest BCUT2D eigenvalue weighted by Gasteiger charge is -2.27. The highest BCUT2D eigenvalue weighted by Crippen LogP contribution is 2.28. The van der Waals surface area contributed by atoms with Crippen molar-refractivity contribution in [3.63, 3.8) is 0 Å². The second-order valence-electron chi connectivity index (χ2n) is 8.03. The number of benzene rings is 1. The summed E-state index contributed by atoms with van der Waals surface area (Å²) in [6, 6.07) is 6.46. The largest absolute Gasteiger partial charge is 0.313 e. The summed E-state index contributed by atoms with van der Waals surface area (Å²) < 4.78 is 1.93. The maximum absolute atomic E-state index is 13.0. The second-order valence-corrected chi connectivity index (χ2v) is 8.03. The Balaban J connectivity index is 1.30. The van der Waals surface area contributed by atoms with Crippen molar-refractivity contribution in [3.8, 4) is 0 Å². The lowest BCUT2D eigenvalue weighted by atomic mass is 10.0. The van der Waals surface area contributed by atoms with Crippen LogP contribution in [0.3, 0.4) is 0 Å². The topological polar surface area (TPSA) is 125 Å². The van der Waals surface area contributed by atoms with E-state index in [0.717, 1.165) is 23.6 Å². The number of imide groups is 2. The minimum Gasteiger partial charge on any atom is -0.313 e. The van der Waals surface area contributed by atoms with Gasteiger partial charge >= 0.3 is 0 Å². The van der Waals surface area contributed by atoms with Crippen LogP contribution in [0.25, 0.3) is 0 Å². The number of nitrogens with one attached hydrogen (secondary N) is 3. The highest BCUT2D eigenvalue weighted by molar-refractivity contribution is 6.23. The van der Waals surface area contributed by atoms with Gasteiger partial charge in [0.1, 0.15) is 6.04 Å². The summed E-state index contributed by atoms with van der Waals surface area (Å²) in [7, 11) is 0. The van der Waals surface area contributed by atoms with Crippen LogP contribution in [0.1, 0.15) is 45.2 Å². The van der Waals surface area contributed by atoms with Crippen molar-refractivity contribution in [3.05, 3.63) is 53.3 Å². The first kappa shape index (κ1) is 19.6. The number of hydrogen-bond acceptors (Lipinski definition) is 7. The van der Waals surface area contributed by atoms with Gasteiger partial charge in [0, 0.05) is 44.5 Å². The van der Waals surface area contributed by atoms with Gasteiger partial charge in [0.25, 0.3) is 11.8 Å². The minimum absolute atomic E-state index is 0.103. The lowest BCUT2D eigenvalue weighted by Crippen LogP contribution is -2.54. The van der Waals surface area contributed by atoms with E-state index in [-0.39, 0.29) is 36.4 Å². The average molecular weight is 422 g/mol. The molecule has 4 heterocycles. The predicted octanol–water partition coefficient (Wildman–Crippen LogP) is -0.413. The monoisotopic (exact) mass is 422 g/mol. The van der Waals surface area contributed by atoms with E-state index in [1.165, 1.54) is 0 Å². The van der Waals surface area contributed by atoms with Gasteiger partial charge < -0.3 is 10.6 Å². The van der Waals surface area contributed by atoms with Crippen LogP contribution < -0.4 is 16.0 Å². The summed E-state index contributed by atoms with van der Waals surface area (Å²) in [5, 5.41) is 13.4. The van der Waals surface area contributed by atoms with Gasteiger partial charge in [0.05, 0.1) is 17.2 Å². The fourth-order valence-corrected chi connectivity index (χ4v) is 4.50. The molecular formula is C21H22N6O4. The molecule has 2 fully saturated rings. The van der Waals surface area contributed by atoms with Gasteiger partial charge in [-0.05, 0) is 30.2 Å². The number of nitrogens with zero attached hydrogens (tertiary/aromatic N) is 3. The average Bonchev–Trinajstić information content (AvgIpc) is 3.48. The molecule has 10 nitrogen and oxygen atoms in total. The van der Waals surface area contributed by atoms with Crippen molar-refractivity contribution < 1.29 is 19.2 Å². The van der Waals surface area contributed by atoms with Crippen LogP contribution in [0.2, 0.25) is 0 Å². The van der Waals surface area contributed by atoms with Crippen LogP contribution in [0.15, 0.2) is 36.7 Å². The lowest BCUT2D eigenvalue weighted by molar-refractivity contribution is -0.136. The summed E-state index contributed by atoms with van der Waals surface area (Å²) in [4.78, 5) is 50.3. The van der Waals surface area contributed by atoms with Crippen molar-refractivity contribution >= 4 is 23.6 Å². The van der Waals surface area contributed by atoms with Gasteiger partial charge in [-0.15, -0.1) is 0 Å². The minimum atomic E-state index is -0.953. The molecule has 3 aliphatic heterocycles. The molecule has 1 aromatic carbocycles. The van der Waals surface area contributed by atoms with Crippen LogP contribution in [-0.4, -0.2) is 63.5 Å². The number of aromatic nitrogens is 2. The summed E-state index contributed by atoms with van der Waals surface area (Å²) in [5.41, 5.74) is 1.45. The molecule has 31 heavy (non-hydrogen) atoms. The van der Waals surface area contributed by atoms with Crippen LogP contribution in [0, 0.1) is 0 Å². The van der Waals surface area contributed by atoms with E-state index in [9.17, 15) is 19.2 Å². The Morgan fingerprint density at radius 2 is 1.94 bits per heavy atom. The molecule has 0 radical (unpaired) electrons. The molecule has 3 aliphatic rings. The molecule has 0 bridgehead atoms. The van der Waals surface area contributed by atoms with E-state index in [1.54, 1.807) is 18.3 Å². The molecule has 0 aliphatic carbocycles. The maximum atomic E-state index is 13.0. The van der Waals surface area contributed by atoms with Crippen LogP contribution in [0.4, 0.5) is 0 Å². The Kier molecular flexibility index (Phi) is 4.87. The molecule has 2 aromatic rings. The normalized spacial score (nSPS) is 25.8. The number of amides is 4. The van der Waals surface area contributed by atoms with Gasteiger partial charge in [-0.25, -0.2) is 0 Å². The summed E-state index contributed by atoms with van der Waals surface area (Å²) in [6.07, 6.45) is 3.95. The Labute approximate surface area is 178 Å². The fraction of sp³-hybridized carbons (Fsp3) is 0.381. The zero-order valence-electron chi connectivity index (χ0n) is 16.7. The molecule has 1 unspecified atom stereocenters. The third-order valence-corrected chi connectivity index (χ3v) is 6.12. The molecule has 10 heteroatoms. The zero-order valence-corrected chi connectivity index (χ0v) is 16.7. The van der Waals surface area contributed by atoms with E-state index >= 15 is 0 Å². The number of fused-ring (bicyclic) bond motifs is 1. The summed E-state index contributed by atoms with van der Waals surface area (Å²) in [6.45, 7) is 2.14. The number of carbonyl (C=O) groups excluding carboxylic acids is 4. The zero-order chi connectivity index (χ0) is 21.5. The van der Waals surface area contributed by atoms with Gasteiger partial charge in [-0.1, -0.05) is 6.07 Å². The van der Waals surface area contributed by atoms with Crippen LogP contribution >= 0.6 is 0 Å². The van der Waals surface area contributed by atoms with Crippen molar-refractivity contribution in [2.75, 3.05) is 13.1 Å². The fourth-order valence-electron chi connectivity index (χ4n) is 4.50. The first-order valence-corrected chi connectivity index (χ1v) is 10.3. The van der Waals surface area contributed by atoms with Crippen molar-refractivity contribution in [1.29, 1.82) is 0 Å². The Bertz CT molecular complexity index is 1070. The van der Waals surface area contributed by atoms with Gasteiger partial charge in [-0.3, -0.25) is 34.1 Å². The predicted molar refractivity (Wildman–Crippen MR) is 108 cm³/mol. The van der Waals surface area contributed by atoms with E-state index < -0.39 is 23.8 Å². The van der Waals surface area contributed by atoms with Gasteiger partial charge in [-0.2, -0.15) is 5.10 Å². The quantitative estimate of drug-likeness (QED) is 0.559. The van der Waals surface area contributed by atoms with E-state index in [2.05, 4.69) is 21.0 Å². The Morgan fingerprint density at radius 1 is 1.10 bits per heavy atom. The van der Waals surface area contributed by atoms with Crippen LogP contribution in [0.5, 0.6) is 0 Å². The first-order valence-electron chi connectivity index (χ1n) is 10.3. The van der Waals surface area contributed by atoms with Crippen molar-refractivity contribution in [2.24, 2.45) is 0 Å². The molecule has 4 amide bonds. The van der Waals surface area contributed by atoms with E-state index in [1.807, 2.05) is 23.0 Å². The molecule has 3 atom stereocenters. The number of carbonyl (C=O) groups is 4. The highest BCUT2D eigenvalue weighted by Gasteiger charge is 2.44. The number of piperidine rings is 1. The van der Waals surface area contributed by atoms with Crippen molar-refractivity contribution in [1.82, 2.24) is 30.6 Å². The first-order chi connectivity index (χ1) is 15.0. The molecule has 0 spiro atoms. The van der Waals surface area contributed by atoms with Gasteiger partial charge in [0.2, 0.25) is 11.8 Å². The molecule has 1 aromatic heterocycles. The molecule has 0 saturated carbocycles. The standard InChI is InChI=1S/C21H22N6O4/c28-18-5-4-16(19(29)25-18)27-20(30)13-3-2-12(8-14(13)21(27)31)9-23-15-10-22-11-17(15)26-7-1-6-24-26/h1-3,6-8,15-17,22-23H,4-5,9-11H2,(H,25,28,29)/t15-,16?,17+/m1/s1. The number of rotatable bonds is 5. The Hall–Kier alpha value is -3.37. The molecule has 3 N–H and O–H groups in total. The number of hydrogen-bond donors (Lipinski definition) is 3. The molecule has 160 valence electrons. The smallest absolute Gasteiger partial charge is 0.262 e. The summed E-state index contributed by atoms with van der Waals surface area (Å²) >= 11 is 0. The van der Waals surface area contributed by atoms with E-state index in [0.29, 0.717) is 12.1 Å². The molecule has 5 rings (SSSR count). The third kappa shape index (κ3) is 3.43. The molecular weight excluding hydrogens is 400 g/mol. The van der Waals surface area contributed by atoms with Crippen LogP contribution in [-0.2, 0) is 16.1 Å². The third-order valence-electron chi connectivity index (χ3n) is 6.12. The van der Waals surface area contributed by atoms with Crippen molar-refractivity contribution in [2.45, 2.75) is 37.5 Å². The second kappa shape index (κ2) is 7.71. The Morgan fingerprint density at radius 3 is 2.71 bits per heavy atom. The SMILES string of the molecule is O=C1CCC(N2C(=O)c3ccc(CN[C@@H]4CNC[C@@H]4n4cccn4)cc3C2=O)C(=O)N1. The van der Waals surface area contributed by atoms with Gasteiger partial charge in [0.15, 0.2) is 0 Å². The maximum Gasteiger partial charge on any atom is 0.262 e.